The molecule has 3 heteroatoms. The predicted octanol–water partition coefficient (Wildman–Crippen LogP) is 7.03. The molecule has 0 saturated carbocycles. The van der Waals surface area contributed by atoms with Gasteiger partial charge in [-0.25, -0.2) is 4.98 Å². The molecule has 28 heavy (non-hydrogen) atoms. The van der Waals surface area contributed by atoms with E-state index in [0.717, 1.165) is 27.7 Å². The predicted molar refractivity (Wildman–Crippen MR) is 116 cm³/mol. The van der Waals surface area contributed by atoms with Crippen LogP contribution < -0.4 is 5.32 Å². The molecular formula is C25H16N2O. The third-order valence-corrected chi connectivity index (χ3v) is 5.29. The van der Waals surface area contributed by atoms with E-state index in [-0.39, 0.29) is 0 Å². The zero-order chi connectivity index (χ0) is 18.5. The van der Waals surface area contributed by atoms with Crippen molar-refractivity contribution in [3.05, 3.63) is 91.1 Å². The van der Waals surface area contributed by atoms with Crippen LogP contribution in [0.4, 0.5) is 11.4 Å². The molecule has 0 aliphatic carbocycles. The Balaban J connectivity index is 1.55. The molecule has 0 spiro atoms. The first-order valence-electron chi connectivity index (χ1n) is 9.32. The van der Waals surface area contributed by atoms with Crippen molar-refractivity contribution in [2.24, 2.45) is 0 Å². The van der Waals surface area contributed by atoms with Gasteiger partial charge in [0.1, 0.15) is 5.58 Å². The number of fused-ring (bicyclic) bond motifs is 6. The minimum absolute atomic E-state index is 0.672. The van der Waals surface area contributed by atoms with Crippen LogP contribution in [-0.2, 0) is 0 Å². The first-order valence-corrected chi connectivity index (χ1v) is 9.32. The van der Waals surface area contributed by atoms with Crippen molar-refractivity contribution in [2.45, 2.75) is 0 Å². The second kappa shape index (κ2) is 5.83. The van der Waals surface area contributed by atoms with Crippen LogP contribution >= 0.6 is 0 Å². The van der Waals surface area contributed by atoms with Crippen molar-refractivity contribution in [3.8, 4) is 0 Å². The van der Waals surface area contributed by atoms with Crippen molar-refractivity contribution in [3.63, 3.8) is 0 Å². The lowest BCUT2D eigenvalue weighted by atomic mass is 10.00. The number of aromatic nitrogens is 1. The number of nitrogens with zero attached hydrogens (tertiary/aromatic N) is 1. The van der Waals surface area contributed by atoms with Gasteiger partial charge in [-0.3, -0.25) is 0 Å². The number of furan rings is 1. The van der Waals surface area contributed by atoms with E-state index >= 15 is 0 Å². The Morgan fingerprint density at radius 3 is 2.36 bits per heavy atom. The van der Waals surface area contributed by atoms with Crippen LogP contribution in [0.25, 0.3) is 43.6 Å². The molecule has 132 valence electrons. The second-order valence-corrected chi connectivity index (χ2v) is 6.98. The average molecular weight is 360 g/mol. The van der Waals surface area contributed by atoms with Gasteiger partial charge in [0.05, 0.1) is 0 Å². The highest BCUT2D eigenvalue weighted by Crippen LogP contribution is 2.35. The van der Waals surface area contributed by atoms with E-state index in [0.29, 0.717) is 5.71 Å². The maximum Gasteiger partial charge on any atom is 0.227 e. The summed E-state index contributed by atoms with van der Waals surface area (Å²) in [5.41, 5.74) is 3.65. The lowest BCUT2D eigenvalue weighted by Gasteiger charge is -2.13. The number of anilines is 2. The third-order valence-electron chi connectivity index (χ3n) is 5.29. The highest BCUT2D eigenvalue weighted by atomic mass is 16.3. The summed E-state index contributed by atoms with van der Waals surface area (Å²) in [4.78, 5) is 4.32. The van der Waals surface area contributed by atoms with Crippen LogP contribution in [0.5, 0.6) is 0 Å². The van der Waals surface area contributed by atoms with Crippen molar-refractivity contribution >= 4 is 55.0 Å². The van der Waals surface area contributed by atoms with Gasteiger partial charge in [0.25, 0.3) is 0 Å². The Hall–Kier alpha value is -3.85. The summed E-state index contributed by atoms with van der Waals surface area (Å²) in [7, 11) is 0. The van der Waals surface area contributed by atoms with E-state index in [4.69, 9.17) is 4.42 Å². The van der Waals surface area contributed by atoms with Gasteiger partial charge < -0.3 is 9.73 Å². The summed E-state index contributed by atoms with van der Waals surface area (Å²) < 4.78 is 5.85. The average Bonchev–Trinajstić information content (AvgIpc) is 3.12. The third kappa shape index (κ3) is 2.26. The SMILES string of the molecule is c1ccc2c(c1)cc(Nc1ccc3oc4ncccc4c3c1)c1ccccc12. The van der Waals surface area contributed by atoms with Crippen LogP contribution in [-0.4, -0.2) is 4.98 Å². The van der Waals surface area contributed by atoms with Crippen molar-refractivity contribution in [1.29, 1.82) is 0 Å². The largest absolute Gasteiger partial charge is 0.438 e. The first kappa shape index (κ1) is 15.2. The van der Waals surface area contributed by atoms with Gasteiger partial charge in [0.15, 0.2) is 0 Å². The monoisotopic (exact) mass is 360 g/mol. The number of hydrogen-bond acceptors (Lipinski definition) is 3. The van der Waals surface area contributed by atoms with E-state index in [1.165, 1.54) is 21.5 Å². The van der Waals surface area contributed by atoms with E-state index in [1.54, 1.807) is 6.20 Å². The Morgan fingerprint density at radius 2 is 1.43 bits per heavy atom. The number of rotatable bonds is 2. The zero-order valence-corrected chi connectivity index (χ0v) is 15.0. The molecule has 0 bridgehead atoms. The van der Waals surface area contributed by atoms with Gasteiger partial charge in [0.2, 0.25) is 5.71 Å². The molecule has 3 nitrogen and oxygen atoms in total. The lowest BCUT2D eigenvalue weighted by Crippen LogP contribution is -1.92. The first-order chi connectivity index (χ1) is 13.9. The van der Waals surface area contributed by atoms with E-state index in [1.807, 2.05) is 18.2 Å². The molecule has 2 aromatic heterocycles. The molecule has 0 aliphatic heterocycles. The molecule has 6 aromatic rings. The fraction of sp³-hybridized carbons (Fsp3) is 0. The quantitative estimate of drug-likeness (QED) is 0.337. The van der Waals surface area contributed by atoms with Gasteiger partial charge in [-0.05, 0) is 52.6 Å². The molecule has 1 N–H and O–H groups in total. The lowest BCUT2D eigenvalue weighted by molar-refractivity contribution is 0.654. The molecule has 0 aliphatic rings. The Bertz CT molecular complexity index is 1500. The molecule has 2 heterocycles. The smallest absolute Gasteiger partial charge is 0.227 e. The van der Waals surface area contributed by atoms with Gasteiger partial charge in [-0.2, -0.15) is 0 Å². The molecule has 4 aromatic carbocycles. The topological polar surface area (TPSA) is 38.1 Å². The Kier molecular flexibility index (Phi) is 3.17. The van der Waals surface area contributed by atoms with Crippen LogP contribution in [0, 0.1) is 0 Å². The van der Waals surface area contributed by atoms with Crippen LogP contribution in [0.1, 0.15) is 0 Å². The highest BCUT2D eigenvalue weighted by molar-refractivity contribution is 6.13. The van der Waals surface area contributed by atoms with Crippen molar-refractivity contribution in [2.75, 3.05) is 5.32 Å². The number of benzene rings is 4. The maximum atomic E-state index is 5.85. The van der Waals surface area contributed by atoms with E-state index in [2.05, 4.69) is 77.0 Å². The second-order valence-electron chi connectivity index (χ2n) is 6.98. The van der Waals surface area contributed by atoms with Gasteiger partial charge in [-0.15, -0.1) is 0 Å². The normalized spacial score (nSPS) is 11.6. The summed E-state index contributed by atoms with van der Waals surface area (Å²) in [6.07, 6.45) is 1.76. The molecule has 0 fully saturated rings. The van der Waals surface area contributed by atoms with Crippen LogP contribution in [0.15, 0.2) is 95.5 Å². The molecule has 0 saturated heterocycles. The molecule has 6 rings (SSSR count). The van der Waals surface area contributed by atoms with E-state index < -0.39 is 0 Å². The zero-order valence-electron chi connectivity index (χ0n) is 15.0. The van der Waals surface area contributed by atoms with Gasteiger partial charge in [0, 0.05) is 33.7 Å². The molecule has 0 unspecified atom stereocenters. The highest BCUT2D eigenvalue weighted by Gasteiger charge is 2.10. The summed E-state index contributed by atoms with van der Waals surface area (Å²) in [5.74, 6) is 0. The van der Waals surface area contributed by atoms with Gasteiger partial charge in [-0.1, -0.05) is 48.5 Å². The summed E-state index contributed by atoms with van der Waals surface area (Å²) in [6, 6.07) is 29.4. The Labute approximate surface area is 161 Å². The molecule has 0 amide bonds. The molecule has 0 atom stereocenters. The van der Waals surface area contributed by atoms with Crippen molar-refractivity contribution < 1.29 is 4.42 Å². The standard InChI is InChI=1S/C25H16N2O/c1-2-7-18-16(6-1)14-23(20-9-4-3-8-19(18)20)27-17-11-12-24-22(15-17)21-10-5-13-26-25(21)28-24/h1-15,27H. The number of pyridine rings is 1. The van der Waals surface area contributed by atoms with E-state index in [9.17, 15) is 0 Å². The molecular weight excluding hydrogens is 344 g/mol. The fourth-order valence-electron chi connectivity index (χ4n) is 4.00. The van der Waals surface area contributed by atoms with Gasteiger partial charge >= 0.3 is 0 Å². The maximum absolute atomic E-state index is 5.85. The van der Waals surface area contributed by atoms with Crippen LogP contribution in [0.3, 0.4) is 0 Å². The number of nitrogens with one attached hydrogen (secondary N) is 1. The number of hydrogen-bond donors (Lipinski definition) is 1. The van der Waals surface area contributed by atoms with Crippen LogP contribution in [0.2, 0.25) is 0 Å². The fourth-order valence-corrected chi connectivity index (χ4v) is 4.00. The Morgan fingerprint density at radius 1 is 0.643 bits per heavy atom. The summed E-state index contributed by atoms with van der Waals surface area (Å²) >= 11 is 0. The summed E-state index contributed by atoms with van der Waals surface area (Å²) in [6.45, 7) is 0. The minimum atomic E-state index is 0.672. The summed E-state index contributed by atoms with van der Waals surface area (Å²) in [5, 5.41) is 10.7. The molecule has 0 radical (unpaired) electrons. The minimum Gasteiger partial charge on any atom is -0.438 e. The van der Waals surface area contributed by atoms with Crippen molar-refractivity contribution in [1.82, 2.24) is 4.98 Å².